The van der Waals surface area contributed by atoms with Gasteiger partial charge in [0.15, 0.2) is 0 Å². The summed E-state index contributed by atoms with van der Waals surface area (Å²) in [5, 5.41) is 40.0. The number of hydrogen-bond acceptors (Lipinski definition) is 6. The van der Waals surface area contributed by atoms with Crippen molar-refractivity contribution in [2.45, 2.75) is 62.2 Å². The number of hydrogen-bond donors (Lipinski definition) is 4. The molecule has 2 saturated heterocycles. The third kappa shape index (κ3) is 5.80. The second-order valence-corrected chi connectivity index (χ2v) is 10.6. The molecule has 0 radical (unpaired) electrons. The predicted molar refractivity (Wildman–Crippen MR) is 143 cm³/mol. The molecule has 2 fully saturated rings. The Hall–Kier alpha value is -3.21. The van der Waals surface area contributed by atoms with Gasteiger partial charge in [0.25, 0.3) is 0 Å². The summed E-state index contributed by atoms with van der Waals surface area (Å²) in [6.45, 7) is -0.488. The maximum absolute atomic E-state index is 13.6. The Morgan fingerprint density at radius 3 is 1.95 bits per heavy atom. The zero-order valence-corrected chi connectivity index (χ0v) is 21.8. The van der Waals surface area contributed by atoms with Gasteiger partial charge in [-0.3, -0.25) is 4.79 Å². The minimum absolute atomic E-state index is 0.0406. The quantitative estimate of drug-likeness (QED) is 0.303. The van der Waals surface area contributed by atoms with Crippen LogP contribution < -0.4 is 4.90 Å². The van der Waals surface area contributed by atoms with Crippen LogP contribution in [0.15, 0.2) is 72.8 Å². The molecule has 212 valence electrons. The van der Waals surface area contributed by atoms with Crippen LogP contribution in [0.5, 0.6) is 0 Å². The van der Waals surface area contributed by atoms with Crippen LogP contribution in [0, 0.1) is 17.6 Å². The zero-order chi connectivity index (χ0) is 28.4. The fraction of sp³-hybridized carbons (Fsp3) is 0.387. The number of β-lactam (4-membered cyclic amide) rings is 1. The minimum atomic E-state index is -1.43. The molecule has 0 saturated carbocycles. The SMILES string of the molecule is O=C1[C@H](CCCc2ccc(F)cc2)[C@H](c2ccc(C[C@H]3O[C@H](CO)[C@@H](O)[C@H](O)[C@H]3O)cc2)N1c1ccc(F)cc1. The Morgan fingerprint density at radius 2 is 1.32 bits per heavy atom. The van der Waals surface area contributed by atoms with Crippen molar-refractivity contribution in [3.8, 4) is 0 Å². The summed E-state index contributed by atoms with van der Waals surface area (Å²) >= 11 is 0. The predicted octanol–water partition coefficient (Wildman–Crippen LogP) is 3.08. The molecule has 5 rings (SSSR count). The number of halogens is 2. The molecule has 0 aromatic heterocycles. The monoisotopic (exact) mass is 553 g/mol. The van der Waals surface area contributed by atoms with E-state index < -0.39 is 37.1 Å². The lowest BCUT2D eigenvalue weighted by atomic mass is 9.78. The highest BCUT2D eigenvalue weighted by molar-refractivity contribution is 6.03. The van der Waals surface area contributed by atoms with Gasteiger partial charge in [-0.15, -0.1) is 0 Å². The van der Waals surface area contributed by atoms with Crippen LogP contribution in [-0.4, -0.2) is 63.5 Å². The molecule has 1 amide bonds. The van der Waals surface area contributed by atoms with Gasteiger partial charge in [0, 0.05) is 12.1 Å². The number of amides is 1. The van der Waals surface area contributed by atoms with E-state index in [2.05, 4.69) is 0 Å². The molecule has 7 nitrogen and oxygen atoms in total. The molecule has 4 N–H and O–H groups in total. The standard InChI is InChI=1S/C31H33F2NO6/c32-21-10-6-18(7-11-21)2-1-3-24-27(34(31(24)39)23-14-12-22(33)13-15-23)20-8-4-19(5-9-20)16-25-28(36)30(38)29(37)26(17-35)40-25/h4-15,24-30,35-38H,1-3,16-17H2/t24-,25-,26-,27+,28+,29-,30-/m1/s1. The maximum Gasteiger partial charge on any atom is 0.233 e. The van der Waals surface area contributed by atoms with E-state index >= 15 is 0 Å². The second-order valence-electron chi connectivity index (χ2n) is 10.6. The van der Waals surface area contributed by atoms with Crippen molar-refractivity contribution in [3.63, 3.8) is 0 Å². The van der Waals surface area contributed by atoms with E-state index in [-0.39, 0.29) is 35.9 Å². The molecule has 9 heteroatoms. The van der Waals surface area contributed by atoms with Gasteiger partial charge in [-0.1, -0.05) is 36.4 Å². The third-order valence-corrected chi connectivity index (χ3v) is 7.96. The van der Waals surface area contributed by atoms with Crippen LogP contribution in [0.1, 0.15) is 35.6 Å². The zero-order valence-electron chi connectivity index (χ0n) is 21.8. The largest absolute Gasteiger partial charge is 0.394 e. The molecular weight excluding hydrogens is 520 g/mol. The lowest BCUT2D eigenvalue weighted by Crippen LogP contribution is -2.59. The first kappa shape index (κ1) is 28.3. The van der Waals surface area contributed by atoms with E-state index in [1.54, 1.807) is 29.2 Å². The van der Waals surface area contributed by atoms with Crippen molar-refractivity contribution in [3.05, 3.63) is 101 Å². The Kier molecular flexibility index (Phi) is 8.58. The molecule has 2 heterocycles. The normalized spacial score (nSPS) is 28.4. The molecule has 0 bridgehead atoms. The fourth-order valence-electron chi connectivity index (χ4n) is 5.71. The summed E-state index contributed by atoms with van der Waals surface area (Å²) in [7, 11) is 0. The van der Waals surface area contributed by atoms with Crippen molar-refractivity contribution >= 4 is 11.6 Å². The molecule has 3 aromatic carbocycles. The van der Waals surface area contributed by atoms with E-state index in [0.29, 0.717) is 18.5 Å². The third-order valence-electron chi connectivity index (χ3n) is 7.96. The van der Waals surface area contributed by atoms with Gasteiger partial charge >= 0.3 is 0 Å². The van der Waals surface area contributed by atoms with Crippen LogP contribution in [0.25, 0.3) is 0 Å². The van der Waals surface area contributed by atoms with E-state index in [1.807, 2.05) is 24.3 Å². The number of ether oxygens (including phenoxy) is 1. The first-order chi connectivity index (χ1) is 19.3. The van der Waals surface area contributed by atoms with Crippen molar-refractivity contribution < 1.29 is 38.7 Å². The van der Waals surface area contributed by atoms with Gasteiger partial charge in [0.2, 0.25) is 5.91 Å². The molecule has 7 atom stereocenters. The lowest BCUT2D eigenvalue weighted by Gasteiger charge is -2.48. The van der Waals surface area contributed by atoms with E-state index in [9.17, 15) is 34.0 Å². The van der Waals surface area contributed by atoms with Crippen LogP contribution in [0.3, 0.4) is 0 Å². The average molecular weight is 554 g/mol. The van der Waals surface area contributed by atoms with Crippen molar-refractivity contribution in [2.75, 3.05) is 11.5 Å². The van der Waals surface area contributed by atoms with Gasteiger partial charge in [0.05, 0.1) is 24.7 Å². The molecule has 3 aromatic rings. The van der Waals surface area contributed by atoms with E-state index in [1.165, 1.54) is 24.3 Å². The van der Waals surface area contributed by atoms with Crippen LogP contribution in [-0.2, 0) is 22.4 Å². The van der Waals surface area contributed by atoms with Crippen LogP contribution in [0.4, 0.5) is 14.5 Å². The highest BCUT2D eigenvalue weighted by atomic mass is 19.1. The number of nitrogens with zero attached hydrogens (tertiary/aromatic N) is 1. The van der Waals surface area contributed by atoms with E-state index in [0.717, 1.165) is 23.1 Å². The average Bonchev–Trinajstić information content (AvgIpc) is 2.96. The van der Waals surface area contributed by atoms with Crippen LogP contribution >= 0.6 is 0 Å². The number of carbonyl (C=O) groups excluding carboxylic acids is 1. The Labute approximate surface area is 231 Å². The molecule has 2 aliphatic rings. The summed E-state index contributed by atoms with van der Waals surface area (Å²) in [6, 6.07) is 19.4. The number of aliphatic hydroxyl groups is 4. The maximum atomic E-state index is 13.6. The number of aryl methyl sites for hydroxylation is 1. The smallest absolute Gasteiger partial charge is 0.233 e. The summed E-state index contributed by atoms with van der Waals surface area (Å²) in [5.41, 5.74) is 3.31. The first-order valence-electron chi connectivity index (χ1n) is 13.5. The Morgan fingerprint density at radius 1 is 0.750 bits per heavy atom. The van der Waals surface area contributed by atoms with Crippen molar-refractivity contribution in [1.29, 1.82) is 0 Å². The second kappa shape index (κ2) is 12.1. The molecule has 40 heavy (non-hydrogen) atoms. The number of rotatable bonds is 9. The molecule has 0 unspecified atom stereocenters. The minimum Gasteiger partial charge on any atom is -0.394 e. The number of anilines is 1. The number of carbonyl (C=O) groups is 1. The highest BCUT2D eigenvalue weighted by Gasteiger charge is 2.48. The molecular formula is C31H33F2NO6. The highest BCUT2D eigenvalue weighted by Crippen LogP contribution is 2.45. The molecule has 0 spiro atoms. The van der Waals surface area contributed by atoms with Gasteiger partial charge in [-0.05, 0) is 72.4 Å². The fourth-order valence-corrected chi connectivity index (χ4v) is 5.71. The Bertz CT molecular complexity index is 1280. The summed E-state index contributed by atoms with van der Waals surface area (Å²) in [6.07, 6.45) is -3.62. The van der Waals surface area contributed by atoms with E-state index in [4.69, 9.17) is 4.74 Å². The number of aliphatic hydroxyl groups excluding tert-OH is 4. The number of benzene rings is 3. The van der Waals surface area contributed by atoms with Gasteiger partial charge in [0.1, 0.15) is 36.1 Å². The lowest BCUT2D eigenvalue weighted by molar-refractivity contribution is -0.228. The summed E-state index contributed by atoms with van der Waals surface area (Å²) in [4.78, 5) is 14.9. The van der Waals surface area contributed by atoms with Crippen LogP contribution in [0.2, 0.25) is 0 Å². The topological polar surface area (TPSA) is 110 Å². The first-order valence-corrected chi connectivity index (χ1v) is 13.5. The summed E-state index contributed by atoms with van der Waals surface area (Å²) < 4.78 is 32.5. The van der Waals surface area contributed by atoms with Crippen molar-refractivity contribution in [2.24, 2.45) is 5.92 Å². The Balaban J connectivity index is 1.31. The van der Waals surface area contributed by atoms with Gasteiger partial charge < -0.3 is 30.1 Å². The summed E-state index contributed by atoms with van der Waals surface area (Å²) in [5.74, 6) is -0.993. The van der Waals surface area contributed by atoms with Gasteiger partial charge in [-0.25, -0.2) is 8.78 Å². The molecule has 2 aliphatic heterocycles. The van der Waals surface area contributed by atoms with Crippen molar-refractivity contribution in [1.82, 2.24) is 0 Å². The van der Waals surface area contributed by atoms with Gasteiger partial charge in [-0.2, -0.15) is 0 Å². The molecule has 0 aliphatic carbocycles.